The molecule has 0 radical (unpaired) electrons. The molecule has 0 aliphatic carbocycles. The maximum Gasteiger partial charge on any atom is 0.162 e. The van der Waals surface area contributed by atoms with Gasteiger partial charge < -0.3 is 5.73 Å². The fraction of sp³-hybridized carbons (Fsp3) is 0.500. The van der Waals surface area contributed by atoms with Crippen LogP contribution in [0, 0.1) is 5.92 Å². The Kier molecular flexibility index (Phi) is 2.93. The quantitative estimate of drug-likeness (QED) is 0.873. The molecule has 3 rings (SSSR count). The highest BCUT2D eigenvalue weighted by atomic mass is 32.2. The molecule has 2 aromatic rings. The van der Waals surface area contributed by atoms with Crippen LogP contribution in [0.1, 0.15) is 18.7 Å². The lowest BCUT2D eigenvalue weighted by atomic mass is 9.98. The number of fused-ring (bicyclic) bond motifs is 1. The number of anilines is 1. The number of sulfone groups is 1. The SMILES string of the molecule is Nc1ccn2c(CC3CCS(=O)(=O)CC3)nnc2c1. The van der Waals surface area contributed by atoms with Gasteiger partial charge in [0.2, 0.25) is 0 Å². The monoisotopic (exact) mass is 280 g/mol. The van der Waals surface area contributed by atoms with E-state index in [1.54, 1.807) is 6.07 Å². The van der Waals surface area contributed by atoms with E-state index in [1.807, 2.05) is 16.7 Å². The molecule has 0 amide bonds. The van der Waals surface area contributed by atoms with Crippen molar-refractivity contribution in [2.75, 3.05) is 17.2 Å². The van der Waals surface area contributed by atoms with Crippen molar-refractivity contribution in [2.45, 2.75) is 19.3 Å². The van der Waals surface area contributed by atoms with Gasteiger partial charge in [-0.25, -0.2) is 8.42 Å². The Labute approximate surface area is 111 Å². The van der Waals surface area contributed by atoms with Crippen LogP contribution in [0.4, 0.5) is 5.69 Å². The van der Waals surface area contributed by atoms with E-state index in [4.69, 9.17) is 5.73 Å². The molecule has 2 N–H and O–H groups in total. The first kappa shape index (κ1) is 12.4. The van der Waals surface area contributed by atoms with E-state index in [0.29, 0.717) is 36.0 Å². The third kappa shape index (κ3) is 2.56. The zero-order valence-electron chi connectivity index (χ0n) is 10.5. The second-order valence-electron chi connectivity index (χ2n) is 5.10. The lowest BCUT2D eigenvalue weighted by Crippen LogP contribution is -2.25. The average Bonchev–Trinajstić information content (AvgIpc) is 2.74. The van der Waals surface area contributed by atoms with E-state index in [2.05, 4.69) is 10.2 Å². The Hall–Kier alpha value is -1.63. The topological polar surface area (TPSA) is 90.3 Å². The third-order valence-corrected chi connectivity index (χ3v) is 5.37. The normalized spacial score (nSPS) is 19.8. The zero-order valence-corrected chi connectivity index (χ0v) is 11.3. The van der Waals surface area contributed by atoms with Crippen LogP contribution in [-0.4, -0.2) is 34.5 Å². The van der Waals surface area contributed by atoms with Crippen molar-refractivity contribution >= 4 is 21.2 Å². The molecule has 2 aromatic heterocycles. The number of hydrogen-bond acceptors (Lipinski definition) is 5. The molecule has 6 nitrogen and oxygen atoms in total. The van der Waals surface area contributed by atoms with Crippen LogP contribution in [0.5, 0.6) is 0 Å². The van der Waals surface area contributed by atoms with Gasteiger partial charge in [-0.2, -0.15) is 0 Å². The molecule has 1 aliphatic rings. The molecule has 3 heterocycles. The smallest absolute Gasteiger partial charge is 0.162 e. The van der Waals surface area contributed by atoms with Gasteiger partial charge in [-0.1, -0.05) is 0 Å². The summed E-state index contributed by atoms with van der Waals surface area (Å²) in [5.41, 5.74) is 7.10. The van der Waals surface area contributed by atoms with Crippen molar-refractivity contribution in [1.82, 2.24) is 14.6 Å². The number of hydrogen-bond donors (Lipinski definition) is 1. The number of nitrogen functional groups attached to an aromatic ring is 1. The summed E-state index contributed by atoms with van der Waals surface area (Å²) in [4.78, 5) is 0. The number of pyridine rings is 1. The average molecular weight is 280 g/mol. The standard InChI is InChI=1S/C12H16N4O2S/c13-10-1-4-16-11(14-15-12(16)8-10)7-9-2-5-19(17,18)6-3-9/h1,4,8-9H,2-3,5-7,13H2. The molecular weight excluding hydrogens is 264 g/mol. The summed E-state index contributed by atoms with van der Waals surface area (Å²) in [5.74, 6) is 1.83. The molecule has 0 unspecified atom stereocenters. The van der Waals surface area contributed by atoms with Crippen molar-refractivity contribution < 1.29 is 8.42 Å². The fourth-order valence-electron chi connectivity index (χ4n) is 2.50. The van der Waals surface area contributed by atoms with E-state index in [9.17, 15) is 8.42 Å². The van der Waals surface area contributed by atoms with E-state index in [1.165, 1.54) is 0 Å². The summed E-state index contributed by atoms with van der Waals surface area (Å²) >= 11 is 0. The van der Waals surface area contributed by atoms with Crippen molar-refractivity contribution in [1.29, 1.82) is 0 Å². The third-order valence-electron chi connectivity index (χ3n) is 3.65. The minimum Gasteiger partial charge on any atom is -0.399 e. The predicted octanol–water partition coefficient (Wildman–Crippen LogP) is 0.679. The van der Waals surface area contributed by atoms with E-state index in [0.717, 1.165) is 17.9 Å². The summed E-state index contributed by atoms with van der Waals surface area (Å²) in [7, 11) is -2.80. The molecule has 0 atom stereocenters. The number of nitrogens with two attached hydrogens (primary N) is 1. The Morgan fingerprint density at radius 3 is 2.79 bits per heavy atom. The van der Waals surface area contributed by atoms with Gasteiger partial charge in [0.1, 0.15) is 15.7 Å². The Morgan fingerprint density at radius 2 is 2.05 bits per heavy atom. The van der Waals surface area contributed by atoms with Gasteiger partial charge in [-0.3, -0.25) is 4.40 Å². The van der Waals surface area contributed by atoms with Gasteiger partial charge in [0.15, 0.2) is 5.65 Å². The molecule has 19 heavy (non-hydrogen) atoms. The van der Waals surface area contributed by atoms with Crippen molar-refractivity contribution in [3.05, 3.63) is 24.2 Å². The number of rotatable bonds is 2. The molecule has 102 valence electrons. The van der Waals surface area contributed by atoms with Gasteiger partial charge in [0, 0.05) is 24.4 Å². The fourth-order valence-corrected chi connectivity index (χ4v) is 4.09. The molecule has 1 saturated heterocycles. The molecule has 1 fully saturated rings. The van der Waals surface area contributed by atoms with Gasteiger partial charge in [-0.15, -0.1) is 10.2 Å². The largest absolute Gasteiger partial charge is 0.399 e. The highest BCUT2D eigenvalue weighted by molar-refractivity contribution is 7.91. The Morgan fingerprint density at radius 1 is 1.32 bits per heavy atom. The molecule has 7 heteroatoms. The van der Waals surface area contributed by atoms with Gasteiger partial charge in [0.25, 0.3) is 0 Å². The highest BCUT2D eigenvalue weighted by Gasteiger charge is 2.24. The Bertz CT molecular complexity index is 694. The zero-order chi connectivity index (χ0) is 13.5. The van der Waals surface area contributed by atoms with Gasteiger partial charge >= 0.3 is 0 Å². The highest BCUT2D eigenvalue weighted by Crippen LogP contribution is 2.22. The first-order valence-electron chi connectivity index (χ1n) is 6.33. The van der Waals surface area contributed by atoms with Gasteiger partial charge in [-0.05, 0) is 24.8 Å². The lowest BCUT2D eigenvalue weighted by Gasteiger charge is -2.20. The van der Waals surface area contributed by atoms with Crippen LogP contribution in [0.2, 0.25) is 0 Å². The van der Waals surface area contributed by atoms with E-state index >= 15 is 0 Å². The minimum atomic E-state index is -2.80. The van der Waals surface area contributed by atoms with Crippen molar-refractivity contribution in [2.24, 2.45) is 5.92 Å². The predicted molar refractivity (Wildman–Crippen MR) is 72.5 cm³/mol. The van der Waals surface area contributed by atoms with Crippen LogP contribution in [0.15, 0.2) is 18.3 Å². The molecule has 1 aliphatic heterocycles. The molecule has 0 saturated carbocycles. The maximum atomic E-state index is 11.4. The number of nitrogens with zero attached hydrogens (tertiary/aromatic N) is 3. The maximum absolute atomic E-state index is 11.4. The summed E-state index contributed by atoms with van der Waals surface area (Å²) in [5, 5.41) is 8.26. The molecule has 0 spiro atoms. The Balaban J connectivity index is 1.79. The van der Waals surface area contributed by atoms with Crippen molar-refractivity contribution in [3.63, 3.8) is 0 Å². The second kappa shape index (κ2) is 4.48. The first-order chi connectivity index (χ1) is 9.03. The van der Waals surface area contributed by atoms with Crippen molar-refractivity contribution in [3.8, 4) is 0 Å². The summed E-state index contributed by atoms with van der Waals surface area (Å²) in [6, 6.07) is 3.59. The van der Waals surface area contributed by atoms with E-state index < -0.39 is 9.84 Å². The lowest BCUT2D eigenvalue weighted by molar-refractivity contribution is 0.452. The summed E-state index contributed by atoms with van der Waals surface area (Å²) in [6.45, 7) is 0. The molecule has 0 aromatic carbocycles. The summed E-state index contributed by atoms with van der Waals surface area (Å²) < 4.78 is 24.7. The van der Waals surface area contributed by atoms with Crippen LogP contribution in [0.25, 0.3) is 5.65 Å². The minimum absolute atomic E-state index is 0.293. The second-order valence-corrected chi connectivity index (χ2v) is 7.41. The van der Waals surface area contributed by atoms with Crippen LogP contribution < -0.4 is 5.73 Å². The molecule has 0 bridgehead atoms. The van der Waals surface area contributed by atoms with Crippen LogP contribution in [-0.2, 0) is 16.3 Å². The molecular formula is C12H16N4O2S. The number of aromatic nitrogens is 3. The first-order valence-corrected chi connectivity index (χ1v) is 8.15. The van der Waals surface area contributed by atoms with Gasteiger partial charge in [0.05, 0.1) is 11.5 Å². The van der Waals surface area contributed by atoms with Crippen LogP contribution in [0.3, 0.4) is 0 Å². The summed E-state index contributed by atoms with van der Waals surface area (Å²) in [6.07, 6.45) is 4.05. The van der Waals surface area contributed by atoms with Crippen LogP contribution >= 0.6 is 0 Å². The van der Waals surface area contributed by atoms with E-state index in [-0.39, 0.29) is 0 Å².